The number of aromatic nitrogens is 2. The zero-order chi connectivity index (χ0) is 23.5. The number of benzene rings is 1. The van der Waals surface area contributed by atoms with E-state index in [-0.39, 0.29) is 24.1 Å². The van der Waals surface area contributed by atoms with Crippen LogP contribution in [0.2, 0.25) is 0 Å². The monoisotopic (exact) mass is 480 g/mol. The van der Waals surface area contributed by atoms with Gasteiger partial charge in [-0.1, -0.05) is 11.8 Å². The second-order valence-electron chi connectivity index (χ2n) is 8.90. The van der Waals surface area contributed by atoms with Crippen LogP contribution in [0.5, 0.6) is 0 Å². The maximum absolute atomic E-state index is 12.9. The van der Waals surface area contributed by atoms with Gasteiger partial charge in [0.25, 0.3) is 11.8 Å². The highest BCUT2D eigenvalue weighted by molar-refractivity contribution is 8.15. The zero-order valence-electron chi connectivity index (χ0n) is 18.9. The van der Waals surface area contributed by atoms with E-state index in [4.69, 9.17) is 0 Å². The van der Waals surface area contributed by atoms with Gasteiger partial charge in [0.05, 0.1) is 6.33 Å². The van der Waals surface area contributed by atoms with E-state index in [1.165, 1.54) is 11.8 Å². The first-order valence-corrected chi connectivity index (χ1v) is 12.7. The molecule has 10 heteroatoms. The molecule has 0 aliphatic carbocycles. The van der Waals surface area contributed by atoms with E-state index in [9.17, 15) is 14.4 Å². The summed E-state index contributed by atoms with van der Waals surface area (Å²) in [6.07, 6.45) is 9.68. The van der Waals surface area contributed by atoms with Crippen molar-refractivity contribution in [2.45, 2.75) is 43.4 Å². The average Bonchev–Trinajstić information content (AvgIpc) is 3.63. The van der Waals surface area contributed by atoms with Crippen molar-refractivity contribution in [3.05, 3.63) is 48.5 Å². The van der Waals surface area contributed by atoms with Crippen LogP contribution < -0.4 is 5.32 Å². The molecular formula is C24H28N6O3S. The number of imidazole rings is 1. The van der Waals surface area contributed by atoms with E-state index < -0.39 is 5.25 Å². The minimum absolute atomic E-state index is 0.00139. The summed E-state index contributed by atoms with van der Waals surface area (Å²) in [5, 5.41) is 3.12. The fraction of sp³-hybridized carbons (Fsp3) is 0.458. The number of amidine groups is 1. The predicted octanol–water partition coefficient (Wildman–Crippen LogP) is 2.78. The summed E-state index contributed by atoms with van der Waals surface area (Å²) < 4.78 is 2.11. The van der Waals surface area contributed by atoms with Gasteiger partial charge in [0.2, 0.25) is 5.91 Å². The Hall–Kier alpha value is -3.14. The van der Waals surface area contributed by atoms with Crippen LogP contribution >= 0.6 is 11.8 Å². The first-order valence-electron chi connectivity index (χ1n) is 11.8. The van der Waals surface area contributed by atoms with Crippen LogP contribution in [0, 0.1) is 0 Å². The molecule has 9 nitrogen and oxygen atoms in total. The molecule has 3 amide bonds. The smallest absolute Gasteiger partial charge is 0.262 e. The fourth-order valence-electron chi connectivity index (χ4n) is 4.66. The number of amides is 3. The summed E-state index contributed by atoms with van der Waals surface area (Å²) in [4.78, 5) is 49.9. The van der Waals surface area contributed by atoms with E-state index in [0.29, 0.717) is 30.4 Å². The minimum atomic E-state index is -0.471. The molecule has 178 valence electrons. The van der Waals surface area contributed by atoms with Crippen LogP contribution in [0.25, 0.3) is 0 Å². The third-order valence-electron chi connectivity index (χ3n) is 6.59. The lowest BCUT2D eigenvalue weighted by Gasteiger charge is -2.32. The first kappa shape index (κ1) is 22.6. The van der Waals surface area contributed by atoms with Crippen molar-refractivity contribution in [3.8, 4) is 0 Å². The van der Waals surface area contributed by atoms with Crippen LogP contribution in [-0.4, -0.2) is 73.7 Å². The summed E-state index contributed by atoms with van der Waals surface area (Å²) >= 11 is 1.39. The van der Waals surface area contributed by atoms with Crippen molar-refractivity contribution in [1.29, 1.82) is 0 Å². The normalized spacial score (nSPS) is 21.1. The molecule has 3 aliphatic heterocycles. The first-order chi connectivity index (χ1) is 16.6. The average molecular weight is 481 g/mol. The SMILES string of the molecule is O=C(CC1SC(N2CCCC2)=NC1=O)Nc1ccc(C(=O)N2CCC(n3ccnc3)CC2)cc1. The van der Waals surface area contributed by atoms with Gasteiger partial charge >= 0.3 is 0 Å². The lowest BCUT2D eigenvalue weighted by Crippen LogP contribution is -2.38. The number of likely N-dealkylation sites (tertiary alicyclic amines) is 2. The highest BCUT2D eigenvalue weighted by Crippen LogP contribution is 2.29. The number of rotatable bonds is 5. The quantitative estimate of drug-likeness (QED) is 0.707. The second-order valence-corrected chi connectivity index (χ2v) is 10.1. The Balaban J connectivity index is 1.10. The van der Waals surface area contributed by atoms with Crippen LogP contribution in [-0.2, 0) is 9.59 Å². The standard InChI is InChI=1S/C24H28N6O3S/c31-21(15-20-22(32)27-24(34-20)29-10-1-2-11-29)26-18-5-3-17(4-6-18)23(33)28-12-7-19(8-13-28)30-14-9-25-16-30/h3-6,9,14,16,19-20H,1-2,7-8,10-13,15H2,(H,26,31). The van der Waals surface area contributed by atoms with Gasteiger partial charge in [-0.05, 0) is 49.9 Å². The number of thioether (sulfide) groups is 1. The van der Waals surface area contributed by atoms with E-state index in [2.05, 4.69) is 24.8 Å². The number of hydrogen-bond donors (Lipinski definition) is 1. The zero-order valence-corrected chi connectivity index (χ0v) is 19.7. The van der Waals surface area contributed by atoms with Crippen molar-refractivity contribution in [3.63, 3.8) is 0 Å². The van der Waals surface area contributed by atoms with E-state index in [0.717, 1.165) is 43.9 Å². The maximum Gasteiger partial charge on any atom is 0.262 e. The summed E-state index contributed by atoms with van der Waals surface area (Å²) in [5.41, 5.74) is 1.21. The Labute approximate surface area is 202 Å². The molecular weight excluding hydrogens is 452 g/mol. The molecule has 3 aliphatic rings. The van der Waals surface area contributed by atoms with Gasteiger partial charge in [-0.25, -0.2) is 4.98 Å². The largest absolute Gasteiger partial charge is 0.351 e. The topological polar surface area (TPSA) is 99.9 Å². The van der Waals surface area contributed by atoms with Gasteiger partial charge < -0.3 is 19.7 Å². The van der Waals surface area contributed by atoms with Gasteiger partial charge in [-0.2, -0.15) is 4.99 Å². The Bertz CT molecular complexity index is 1070. The molecule has 5 rings (SSSR count). The highest BCUT2D eigenvalue weighted by atomic mass is 32.2. The number of piperidine rings is 1. The third kappa shape index (κ3) is 5.01. The maximum atomic E-state index is 12.9. The summed E-state index contributed by atoms with van der Waals surface area (Å²) in [5.74, 6) is -0.467. The molecule has 34 heavy (non-hydrogen) atoms. The number of nitrogens with zero attached hydrogens (tertiary/aromatic N) is 5. The van der Waals surface area contributed by atoms with E-state index >= 15 is 0 Å². The Kier molecular flexibility index (Phi) is 6.66. The van der Waals surface area contributed by atoms with Crippen molar-refractivity contribution < 1.29 is 14.4 Å². The van der Waals surface area contributed by atoms with Gasteiger partial charge in [-0.3, -0.25) is 14.4 Å². The van der Waals surface area contributed by atoms with Crippen LogP contribution in [0.1, 0.15) is 48.5 Å². The lowest BCUT2D eigenvalue weighted by molar-refractivity contribution is -0.121. The van der Waals surface area contributed by atoms with Crippen LogP contribution in [0.4, 0.5) is 5.69 Å². The van der Waals surface area contributed by atoms with E-state index in [1.54, 1.807) is 30.5 Å². The molecule has 2 saturated heterocycles. The molecule has 0 spiro atoms. The lowest BCUT2D eigenvalue weighted by atomic mass is 10.0. The molecule has 1 N–H and O–H groups in total. The number of carbonyl (C=O) groups is 3. The summed E-state index contributed by atoms with van der Waals surface area (Å²) in [6.45, 7) is 3.25. The predicted molar refractivity (Wildman–Crippen MR) is 131 cm³/mol. The molecule has 0 saturated carbocycles. The number of aliphatic imine (C=N–C) groups is 1. The number of anilines is 1. The van der Waals surface area contributed by atoms with E-state index in [1.807, 2.05) is 17.4 Å². The Morgan fingerprint density at radius 3 is 2.47 bits per heavy atom. The van der Waals surface area contributed by atoms with Crippen LogP contribution in [0.15, 0.2) is 48.0 Å². The highest BCUT2D eigenvalue weighted by Gasteiger charge is 2.33. The van der Waals surface area contributed by atoms with Crippen molar-refractivity contribution in [2.75, 3.05) is 31.5 Å². The van der Waals surface area contributed by atoms with Crippen molar-refractivity contribution >= 4 is 40.3 Å². The molecule has 1 aromatic heterocycles. The fourth-order valence-corrected chi connectivity index (χ4v) is 5.78. The number of carbonyl (C=O) groups excluding carboxylic acids is 3. The summed E-state index contributed by atoms with van der Waals surface area (Å²) in [7, 11) is 0. The molecule has 2 aromatic rings. The molecule has 1 aromatic carbocycles. The third-order valence-corrected chi connectivity index (χ3v) is 7.80. The molecule has 2 fully saturated rings. The van der Waals surface area contributed by atoms with Gasteiger partial charge in [0, 0.05) is 62.3 Å². The van der Waals surface area contributed by atoms with Gasteiger partial charge in [0.15, 0.2) is 5.17 Å². The Morgan fingerprint density at radius 1 is 1.06 bits per heavy atom. The molecule has 0 bridgehead atoms. The molecule has 1 unspecified atom stereocenters. The van der Waals surface area contributed by atoms with Crippen LogP contribution in [0.3, 0.4) is 0 Å². The number of hydrogen-bond acceptors (Lipinski definition) is 6. The van der Waals surface area contributed by atoms with Crippen molar-refractivity contribution in [2.24, 2.45) is 4.99 Å². The molecule has 0 radical (unpaired) electrons. The minimum Gasteiger partial charge on any atom is -0.351 e. The molecule has 4 heterocycles. The van der Waals surface area contributed by atoms with Gasteiger partial charge in [-0.15, -0.1) is 0 Å². The Morgan fingerprint density at radius 2 is 1.79 bits per heavy atom. The number of nitrogens with one attached hydrogen (secondary N) is 1. The second kappa shape index (κ2) is 10.0. The molecule has 1 atom stereocenters. The van der Waals surface area contributed by atoms with Crippen molar-refractivity contribution in [1.82, 2.24) is 19.4 Å². The van der Waals surface area contributed by atoms with Gasteiger partial charge in [0.1, 0.15) is 5.25 Å². The summed E-state index contributed by atoms with van der Waals surface area (Å²) in [6, 6.07) is 7.33.